The average Bonchev–Trinajstić information content (AvgIpc) is 2.39. The van der Waals surface area contributed by atoms with Crippen LogP contribution < -0.4 is 10.6 Å². The number of nitrogens with two attached hydrogens (primary N) is 1. The molecule has 1 aromatic carbocycles. The molecule has 2 amide bonds. The van der Waals surface area contributed by atoms with Crippen LogP contribution in [-0.4, -0.2) is 42.1 Å². The monoisotopic (exact) mass is 265 g/mol. The van der Waals surface area contributed by atoms with Crippen molar-refractivity contribution in [3.8, 4) is 0 Å². The van der Waals surface area contributed by atoms with E-state index in [4.69, 9.17) is 10.8 Å². The third-order valence-corrected chi connectivity index (χ3v) is 2.81. The molecule has 1 aromatic rings. The number of carboxylic acid groups (broad SMARTS) is 1. The van der Waals surface area contributed by atoms with Gasteiger partial charge in [0.05, 0.1) is 17.8 Å². The number of benzene rings is 1. The fraction of sp³-hybridized carbons (Fsp3) is 0.385. The number of nitrogen functional groups attached to an aromatic ring is 1. The lowest BCUT2D eigenvalue weighted by Gasteiger charge is -2.28. The van der Waals surface area contributed by atoms with Crippen molar-refractivity contribution < 1.29 is 14.7 Å². The SMILES string of the molecule is CCN(C)C(=O)N(CCC(=O)O)c1ccccc1N. The number of carbonyl (C=O) groups is 2. The second-order valence-corrected chi connectivity index (χ2v) is 4.15. The highest BCUT2D eigenvalue weighted by atomic mass is 16.4. The summed E-state index contributed by atoms with van der Waals surface area (Å²) in [5.41, 5.74) is 6.83. The standard InChI is InChI=1S/C13H19N3O3/c1-3-15(2)13(19)16(9-8-12(17)18)11-7-5-4-6-10(11)14/h4-7H,3,8-9,14H2,1-2H3,(H,17,18). The molecule has 0 radical (unpaired) electrons. The number of carboxylic acids is 1. The Labute approximate surface area is 112 Å². The van der Waals surface area contributed by atoms with Gasteiger partial charge in [-0.2, -0.15) is 0 Å². The topological polar surface area (TPSA) is 86.9 Å². The molecule has 0 spiro atoms. The fourth-order valence-electron chi connectivity index (χ4n) is 1.60. The van der Waals surface area contributed by atoms with E-state index in [1.807, 2.05) is 6.92 Å². The molecule has 6 heteroatoms. The van der Waals surface area contributed by atoms with Crippen molar-refractivity contribution in [2.45, 2.75) is 13.3 Å². The molecule has 0 aliphatic heterocycles. The maximum atomic E-state index is 12.2. The molecule has 104 valence electrons. The Bertz CT molecular complexity index is 462. The molecular weight excluding hydrogens is 246 g/mol. The van der Waals surface area contributed by atoms with E-state index in [0.717, 1.165) is 0 Å². The van der Waals surface area contributed by atoms with E-state index in [-0.39, 0.29) is 19.0 Å². The van der Waals surface area contributed by atoms with Gasteiger partial charge in [-0.25, -0.2) is 4.79 Å². The molecule has 0 bridgehead atoms. The van der Waals surface area contributed by atoms with Crippen LogP contribution in [-0.2, 0) is 4.79 Å². The molecule has 1 rings (SSSR count). The number of anilines is 2. The van der Waals surface area contributed by atoms with Gasteiger partial charge < -0.3 is 15.7 Å². The third-order valence-electron chi connectivity index (χ3n) is 2.81. The van der Waals surface area contributed by atoms with Gasteiger partial charge >= 0.3 is 12.0 Å². The van der Waals surface area contributed by atoms with Crippen molar-refractivity contribution in [3.05, 3.63) is 24.3 Å². The zero-order chi connectivity index (χ0) is 14.4. The van der Waals surface area contributed by atoms with E-state index in [1.54, 1.807) is 31.3 Å². The summed E-state index contributed by atoms with van der Waals surface area (Å²) in [4.78, 5) is 25.8. The molecule has 0 saturated heterocycles. The van der Waals surface area contributed by atoms with Gasteiger partial charge in [-0.1, -0.05) is 12.1 Å². The maximum Gasteiger partial charge on any atom is 0.324 e. The Kier molecular flexibility index (Phi) is 5.17. The van der Waals surface area contributed by atoms with Crippen molar-refractivity contribution >= 4 is 23.4 Å². The second kappa shape index (κ2) is 6.63. The van der Waals surface area contributed by atoms with E-state index in [2.05, 4.69) is 0 Å². The van der Waals surface area contributed by atoms with Crippen molar-refractivity contribution in [2.24, 2.45) is 0 Å². The highest BCUT2D eigenvalue weighted by molar-refractivity contribution is 5.95. The van der Waals surface area contributed by atoms with Crippen molar-refractivity contribution in [3.63, 3.8) is 0 Å². The molecule has 0 saturated carbocycles. The summed E-state index contributed by atoms with van der Waals surface area (Å²) < 4.78 is 0. The minimum Gasteiger partial charge on any atom is -0.481 e. The van der Waals surface area contributed by atoms with Crippen LogP contribution in [0, 0.1) is 0 Å². The first-order valence-electron chi connectivity index (χ1n) is 6.06. The van der Waals surface area contributed by atoms with Gasteiger partial charge in [-0.05, 0) is 19.1 Å². The van der Waals surface area contributed by atoms with Crippen molar-refractivity contribution in [2.75, 3.05) is 30.8 Å². The summed E-state index contributed by atoms with van der Waals surface area (Å²) in [6.07, 6.45) is -0.127. The van der Waals surface area contributed by atoms with Crippen molar-refractivity contribution in [1.82, 2.24) is 4.90 Å². The van der Waals surface area contributed by atoms with Gasteiger partial charge in [0.2, 0.25) is 0 Å². The molecule has 0 atom stereocenters. The summed E-state index contributed by atoms with van der Waals surface area (Å²) in [5, 5.41) is 8.77. The third kappa shape index (κ3) is 3.87. The second-order valence-electron chi connectivity index (χ2n) is 4.15. The molecule has 0 aromatic heterocycles. The Morgan fingerprint density at radius 2 is 1.95 bits per heavy atom. The zero-order valence-corrected chi connectivity index (χ0v) is 11.2. The van der Waals surface area contributed by atoms with E-state index < -0.39 is 5.97 Å². The number of urea groups is 1. The quantitative estimate of drug-likeness (QED) is 0.792. The maximum absolute atomic E-state index is 12.2. The van der Waals surface area contributed by atoms with Gasteiger partial charge in [-0.15, -0.1) is 0 Å². The van der Waals surface area contributed by atoms with Crippen molar-refractivity contribution in [1.29, 1.82) is 0 Å². The molecule has 3 N–H and O–H groups in total. The van der Waals surface area contributed by atoms with Crippen LogP contribution in [0.25, 0.3) is 0 Å². The normalized spacial score (nSPS) is 10.0. The molecule has 0 fully saturated rings. The number of hydrogen-bond donors (Lipinski definition) is 2. The van der Waals surface area contributed by atoms with Gasteiger partial charge in [0.1, 0.15) is 0 Å². The number of carbonyl (C=O) groups excluding carboxylic acids is 1. The first kappa shape index (κ1) is 14.8. The molecule has 0 aliphatic carbocycles. The number of para-hydroxylation sites is 2. The smallest absolute Gasteiger partial charge is 0.324 e. The highest BCUT2D eigenvalue weighted by Crippen LogP contribution is 2.23. The van der Waals surface area contributed by atoms with Crippen LogP contribution in [0.4, 0.5) is 16.2 Å². The predicted octanol–water partition coefficient (Wildman–Crippen LogP) is 1.62. The number of aliphatic carboxylic acids is 1. The number of hydrogen-bond acceptors (Lipinski definition) is 3. The number of nitrogens with zero attached hydrogens (tertiary/aromatic N) is 2. The molecule has 0 aliphatic rings. The number of rotatable bonds is 5. The van der Waals surface area contributed by atoms with Crippen LogP contribution >= 0.6 is 0 Å². The Morgan fingerprint density at radius 1 is 1.32 bits per heavy atom. The van der Waals surface area contributed by atoms with Gasteiger partial charge in [0.15, 0.2) is 0 Å². The van der Waals surface area contributed by atoms with Gasteiger partial charge in [0.25, 0.3) is 0 Å². The largest absolute Gasteiger partial charge is 0.481 e. The highest BCUT2D eigenvalue weighted by Gasteiger charge is 2.21. The molecular formula is C13H19N3O3. The molecule has 6 nitrogen and oxygen atoms in total. The minimum atomic E-state index is -0.952. The Morgan fingerprint density at radius 3 is 2.47 bits per heavy atom. The lowest BCUT2D eigenvalue weighted by atomic mass is 10.2. The van der Waals surface area contributed by atoms with E-state index in [9.17, 15) is 9.59 Å². The summed E-state index contributed by atoms with van der Waals surface area (Å²) >= 11 is 0. The summed E-state index contributed by atoms with van der Waals surface area (Å²) in [6, 6.07) is 6.66. The molecule has 0 heterocycles. The van der Waals surface area contributed by atoms with E-state index >= 15 is 0 Å². The molecule has 19 heavy (non-hydrogen) atoms. The Hall–Kier alpha value is -2.24. The van der Waals surface area contributed by atoms with Crippen LogP contribution in [0.1, 0.15) is 13.3 Å². The average molecular weight is 265 g/mol. The fourth-order valence-corrected chi connectivity index (χ4v) is 1.60. The lowest BCUT2D eigenvalue weighted by molar-refractivity contribution is -0.136. The van der Waals surface area contributed by atoms with E-state index in [0.29, 0.717) is 17.9 Å². The first-order chi connectivity index (χ1) is 8.97. The van der Waals surface area contributed by atoms with Crippen LogP contribution in [0.15, 0.2) is 24.3 Å². The molecule has 0 unspecified atom stereocenters. The minimum absolute atomic E-state index is 0.0900. The Balaban J connectivity index is 3.01. The van der Waals surface area contributed by atoms with Gasteiger partial charge in [-0.3, -0.25) is 9.69 Å². The number of amides is 2. The lowest BCUT2D eigenvalue weighted by Crippen LogP contribution is -2.42. The van der Waals surface area contributed by atoms with Crippen LogP contribution in [0.2, 0.25) is 0 Å². The summed E-state index contributed by atoms with van der Waals surface area (Å²) in [7, 11) is 1.66. The van der Waals surface area contributed by atoms with Gasteiger partial charge in [0, 0.05) is 20.1 Å². The zero-order valence-electron chi connectivity index (χ0n) is 11.2. The van der Waals surface area contributed by atoms with Crippen LogP contribution in [0.3, 0.4) is 0 Å². The predicted molar refractivity (Wildman–Crippen MR) is 74.2 cm³/mol. The summed E-state index contributed by atoms with van der Waals surface area (Å²) in [6.45, 7) is 2.48. The van der Waals surface area contributed by atoms with E-state index in [1.165, 1.54) is 9.80 Å². The summed E-state index contributed by atoms with van der Waals surface area (Å²) in [5.74, 6) is -0.952. The van der Waals surface area contributed by atoms with Crippen LogP contribution in [0.5, 0.6) is 0 Å². The first-order valence-corrected chi connectivity index (χ1v) is 6.06.